The predicted molar refractivity (Wildman–Crippen MR) is 210 cm³/mol. The van der Waals surface area contributed by atoms with Crippen molar-refractivity contribution >= 4 is 49.4 Å². The van der Waals surface area contributed by atoms with Gasteiger partial charge in [-0.15, -0.1) is 0 Å². The summed E-state index contributed by atoms with van der Waals surface area (Å²) in [4.78, 5) is 2.48. The van der Waals surface area contributed by atoms with Crippen LogP contribution in [0.1, 0.15) is 0 Å². The molecule has 0 aliphatic carbocycles. The molecule has 1 nitrogen and oxygen atoms in total. The van der Waals surface area contributed by atoms with Crippen LogP contribution in [-0.4, -0.2) is 0 Å². The molecule has 0 heterocycles. The Bertz CT molecular complexity index is 2600. The molecular weight excluding hydrogens is 591 g/mol. The van der Waals surface area contributed by atoms with E-state index in [0.29, 0.717) is 0 Å². The molecule has 0 unspecified atom stereocenters. The molecule has 0 amide bonds. The van der Waals surface area contributed by atoms with E-state index in [1.807, 2.05) is 0 Å². The van der Waals surface area contributed by atoms with Gasteiger partial charge in [-0.2, -0.15) is 0 Å². The van der Waals surface area contributed by atoms with E-state index in [0.717, 1.165) is 17.1 Å². The van der Waals surface area contributed by atoms with E-state index in [2.05, 4.69) is 205 Å². The molecule has 9 aromatic carbocycles. The fourth-order valence-corrected chi connectivity index (χ4v) is 7.29. The van der Waals surface area contributed by atoms with Crippen LogP contribution in [0.5, 0.6) is 0 Å². The molecule has 0 aliphatic heterocycles. The average Bonchev–Trinajstić information content (AvgIpc) is 3.18. The lowest BCUT2D eigenvalue weighted by molar-refractivity contribution is 1.29. The Labute approximate surface area is 287 Å². The van der Waals surface area contributed by atoms with Crippen molar-refractivity contribution in [2.24, 2.45) is 0 Å². The van der Waals surface area contributed by atoms with Gasteiger partial charge in [0.25, 0.3) is 0 Å². The van der Waals surface area contributed by atoms with Gasteiger partial charge in [0.05, 0.1) is 11.4 Å². The van der Waals surface area contributed by atoms with Crippen LogP contribution in [0.4, 0.5) is 17.1 Å². The van der Waals surface area contributed by atoms with Gasteiger partial charge in [0.15, 0.2) is 0 Å². The van der Waals surface area contributed by atoms with Crippen LogP contribution in [0.3, 0.4) is 0 Å². The Morgan fingerprint density at radius 1 is 0.286 bits per heavy atom. The van der Waals surface area contributed by atoms with Crippen molar-refractivity contribution in [1.29, 1.82) is 0 Å². The second kappa shape index (κ2) is 12.3. The van der Waals surface area contributed by atoms with Crippen LogP contribution in [0.15, 0.2) is 200 Å². The predicted octanol–water partition coefficient (Wildman–Crippen LogP) is 13.6. The van der Waals surface area contributed by atoms with Crippen LogP contribution >= 0.6 is 0 Å². The number of rotatable bonds is 6. The van der Waals surface area contributed by atoms with E-state index in [4.69, 9.17) is 0 Å². The van der Waals surface area contributed by atoms with Crippen molar-refractivity contribution < 1.29 is 0 Å². The number of hydrogen-bond donors (Lipinski definition) is 0. The third-order valence-corrected chi connectivity index (χ3v) is 9.63. The van der Waals surface area contributed by atoms with Crippen molar-refractivity contribution in [1.82, 2.24) is 0 Å². The molecule has 0 bridgehead atoms. The molecule has 0 saturated heterocycles. The van der Waals surface area contributed by atoms with Crippen molar-refractivity contribution in [2.45, 2.75) is 0 Å². The first kappa shape index (κ1) is 28.8. The van der Waals surface area contributed by atoms with E-state index in [-0.39, 0.29) is 0 Å². The summed E-state index contributed by atoms with van der Waals surface area (Å²) in [7, 11) is 0. The van der Waals surface area contributed by atoms with Gasteiger partial charge in [0.1, 0.15) is 0 Å². The first-order chi connectivity index (χ1) is 24.3. The van der Waals surface area contributed by atoms with Gasteiger partial charge >= 0.3 is 0 Å². The van der Waals surface area contributed by atoms with Gasteiger partial charge in [-0.05, 0) is 84.9 Å². The maximum atomic E-state index is 2.48. The Kier molecular flexibility index (Phi) is 7.22. The second-order valence-electron chi connectivity index (χ2n) is 12.5. The van der Waals surface area contributed by atoms with Crippen LogP contribution in [0, 0.1) is 0 Å². The van der Waals surface area contributed by atoms with Gasteiger partial charge < -0.3 is 4.90 Å². The fraction of sp³-hybridized carbons (Fsp3) is 0. The van der Waals surface area contributed by atoms with E-state index < -0.39 is 0 Å². The summed E-state index contributed by atoms with van der Waals surface area (Å²) in [6.45, 7) is 0. The molecule has 0 aliphatic rings. The molecule has 9 rings (SSSR count). The van der Waals surface area contributed by atoms with Crippen LogP contribution in [-0.2, 0) is 0 Å². The van der Waals surface area contributed by atoms with Crippen LogP contribution in [0.25, 0.3) is 65.7 Å². The summed E-state index contributed by atoms with van der Waals surface area (Å²) in [5.41, 5.74) is 10.5. The highest BCUT2D eigenvalue weighted by Crippen LogP contribution is 2.49. The Morgan fingerprint density at radius 3 is 1.63 bits per heavy atom. The normalized spacial score (nSPS) is 11.3. The van der Waals surface area contributed by atoms with Crippen LogP contribution < -0.4 is 4.90 Å². The van der Waals surface area contributed by atoms with E-state index in [9.17, 15) is 0 Å². The fourth-order valence-electron chi connectivity index (χ4n) is 7.29. The molecule has 0 spiro atoms. The summed E-state index contributed by atoms with van der Waals surface area (Å²) >= 11 is 0. The van der Waals surface area contributed by atoms with E-state index in [1.54, 1.807) is 0 Å². The highest BCUT2D eigenvalue weighted by atomic mass is 15.1. The minimum Gasteiger partial charge on any atom is -0.309 e. The molecule has 0 radical (unpaired) electrons. The molecule has 0 aromatic heterocycles. The summed E-state index contributed by atoms with van der Waals surface area (Å²) in [5.74, 6) is 0. The van der Waals surface area contributed by atoms with Crippen LogP contribution in [0.2, 0.25) is 0 Å². The Hall–Kier alpha value is -6.44. The Morgan fingerprint density at radius 2 is 0.857 bits per heavy atom. The summed E-state index contributed by atoms with van der Waals surface area (Å²) < 4.78 is 0. The highest BCUT2D eigenvalue weighted by molar-refractivity contribution is 6.12. The number of fused-ring (bicyclic) bond motifs is 3. The Balaban J connectivity index is 1.40. The maximum absolute atomic E-state index is 2.48. The zero-order valence-electron chi connectivity index (χ0n) is 27.0. The highest BCUT2D eigenvalue weighted by Gasteiger charge is 2.23. The van der Waals surface area contributed by atoms with Gasteiger partial charge in [0.2, 0.25) is 0 Å². The first-order valence-electron chi connectivity index (χ1n) is 16.9. The summed E-state index contributed by atoms with van der Waals surface area (Å²) in [5, 5.41) is 7.35. The smallest absolute Gasteiger partial charge is 0.0546 e. The maximum Gasteiger partial charge on any atom is 0.0546 e. The van der Waals surface area contributed by atoms with Crippen molar-refractivity contribution in [3.63, 3.8) is 0 Å². The minimum atomic E-state index is 1.11. The van der Waals surface area contributed by atoms with Gasteiger partial charge in [0, 0.05) is 16.8 Å². The number of anilines is 3. The summed E-state index contributed by atoms with van der Waals surface area (Å²) in [6.07, 6.45) is 0. The zero-order valence-corrected chi connectivity index (χ0v) is 27.0. The van der Waals surface area contributed by atoms with Gasteiger partial charge in [-0.1, -0.05) is 170 Å². The average molecular weight is 624 g/mol. The van der Waals surface area contributed by atoms with E-state index in [1.165, 1.54) is 65.7 Å². The monoisotopic (exact) mass is 623 g/mol. The van der Waals surface area contributed by atoms with E-state index >= 15 is 0 Å². The molecule has 9 aromatic rings. The number of benzene rings is 9. The number of hydrogen-bond acceptors (Lipinski definition) is 1. The quantitative estimate of drug-likeness (QED) is 0.178. The molecular formula is C48H33N. The largest absolute Gasteiger partial charge is 0.309 e. The molecule has 49 heavy (non-hydrogen) atoms. The zero-order chi connectivity index (χ0) is 32.6. The molecule has 0 fully saturated rings. The molecule has 0 saturated carbocycles. The first-order valence-corrected chi connectivity index (χ1v) is 16.9. The topological polar surface area (TPSA) is 3.24 Å². The van der Waals surface area contributed by atoms with Crippen molar-refractivity contribution in [3.8, 4) is 33.4 Å². The third-order valence-electron chi connectivity index (χ3n) is 9.63. The third kappa shape index (κ3) is 5.23. The lowest BCUT2D eigenvalue weighted by Crippen LogP contribution is -2.13. The van der Waals surface area contributed by atoms with Gasteiger partial charge in [-0.25, -0.2) is 0 Å². The van der Waals surface area contributed by atoms with Crippen molar-refractivity contribution in [3.05, 3.63) is 200 Å². The molecule has 230 valence electrons. The van der Waals surface area contributed by atoms with Gasteiger partial charge in [-0.3, -0.25) is 0 Å². The molecule has 0 N–H and O–H groups in total. The minimum absolute atomic E-state index is 1.11. The SMILES string of the molecule is c1ccc(-c2ccc(N(c3ccc4ccccc4c3)c3ccc4ccccc4c3-c3cccc4ccccc34)c(-c3ccccc3)c2)cc1. The number of nitrogens with zero attached hydrogens (tertiary/aromatic N) is 1. The summed E-state index contributed by atoms with van der Waals surface area (Å²) in [6, 6.07) is 72.6. The standard InChI is InChI=1S/C48H33N/c1-3-14-34(15-4-1)40-28-30-46(45(33-40)37-17-5-2-6-18-37)49(41-29-26-35-16-7-8-21-39(35)32-41)47-31-27-38-20-10-12-24-43(38)48(47)44-25-13-22-36-19-9-11-23-42(36)44/h1-33H. The lowest BCUT2D eigenvalue weighted by Gasteiger charge is -2.31. The molecule has 0 atom stereocenters. The van der Waals surface area contributed by atoms with Crippen molar-refractivity contribution in [2.75, 3.05) is 4.90 Å². The molecule has 1 heteroatoms. The lowest BCUT2D eigenvalue weighted by atomic mass is 9.90. The second-order valence-corrected chi connectivity index (χ2v) is 12.5.